The zero-order valence-corrected chi connectivity index (χ0v) is 18.6. The highest BCUT2D eigenvalue weighted by Crippen LogP contribution is 2.34. The first-order valence-electron chi connectivity index (χ1n) is 10.7. The summed E-state index contributed by atoms with van der Waals surface area (Å²) in [4.78, 5) is 13.2. The Morgan fingerprint density at radius 3 is 2.06 bits per heavy atom. The summed E-state index contributed by atoms with van der Waals surface area (Å²) < 4.78 is 42.5. The van der Waals surface area contributed by atoms with Crippen LogP contribution in [0, 0.1) is 25.2 Å². The van der Waals surface area contributed by atoms with Crippen molar-refractivity contribution in [1.82, 2.24) is 4.57 Å². The molecule has 3 nitrogen and oxygen atoms in total. The van der Waals surface area contributed by atoms with Gasteiger partial charge in [-0.3, -0.25) is 4.79 Å². The van der Waals surface area contributed by atoms with Crippen molar-refractivity contribution in [1.29, 1.82) is 5.26 Å². The van der Waals surface area contributed by atoms with Gasteiger partial charge in [-0.1, -0.05) is 78.4 Å². The molecule has 0 fully saturated rings. The Hall–Kier alpha value is -4.11. The summed E-state index contributed by atoms with van der Waals surface area (Å²) in [5.74, 6) is 0. The molecule has 0 unspecified atom stereocenters. The molecule has 0 saturated carbocycles. The monoisotopic (exact) mass is 458 g/mol. The molecule has 0 atom stereocenters. The van der Waals surface area contributed by atoms with Gasteiger partial charge in [0.15, 0.2) is 0 Å². The third-order valence-corrected chi connectivity index (χ3v) is 5.83. The number of pyridine rings is 1. The molecule has 0 spiro atoms. The van der Waals surface area contributed by atoms with E-state index in [2.05, 4.69) is 0 Å². The largest absolute Gasteiger partial charge is 0.417 e. The number of benzene rings is 3. The lowest BCUT2D eigenvalue weighted by atomic mass is 9.99. The highest BCUT2D eigenvalue weighted by atomic mass is 19.4. The van der Waals surface area contributed by atoms with Gasteiger partial charge in [-0.15, -0.1) is 0 Å². The first-order valence-corrected chi connectivity index (χ1v) is 10.7. The van der Waals surface area contributed by atoms with Crippen molar-refractivity contribution < 1.29 is 13.2 Å². The summed E-state index contributed by atoms with van der Waals surface area (Å²) in [5.41, 5.74) is 2.09. The minimum absolute atomic E-state index is 0.0491. The highest BCUT2D eigenvalue weighted by Gasteiger charge is 2.36. The summed E-state index contributed by atoms with van der Waals surface area (Å²) in [6.07, 6.45) is -4.83. The normalized spacial score (nSPS) is 11.3. The zero-order chi connectivity index (χ0) is 24.5. The van der Waals surface area contributed by atoms with E-state index >= 15 is 0 Å². The van der Waals surface area contributed by atoms with Crippen molar-refractivity contribution in [3.05, 3.63) is 117 Å². The van der Waals surface area contributed by atoms with Gasteiger partial charge in [0.25, 0.3) is 5.56 Å². The Morgan fingerprint density at radius 2 is 1.47 bits per heavy atom. The fourth-order valence-corrected chi connectivity index (χ4v) is 4.03. The number of aromatic nitrogens is 1. The molecule has 4 aromatic rings. The summed E-state index contributed by atoms with van der Waals surface area (Å²) >= 11 is 0. The number of hydrogen-bond donors (Lipinski definition) is 0. The van der Waals surface area contributed by atoms with Crippen LogP contribution in [0.15, 0.2) is 83.7 Å². The number of nitrogens with zero attached hydrogens (tertiary/aromatic N) is 2. The molecule has 34 heavy (non-hydrogen) atoms. The molecule has 0 bridgehead atoms. The van der Waals surface area contributed by atoms with Crippen molar-refractivity contribution in [3.8, 4) is 28.5 Å². The molecule has 0 aliphatic heterocycles. The molecule has 0 saturated heterocycles. The number of rotatable bonds is 4. The molecule has 0 N–H and O–H groups in total. The van der Waals surface area contributed by atoms with Crippen molar-refractivity contribution in [2.24, 2.45) is 0 Å². The van der Waals surface area contributed by atoms with Crippen molar-refractivity contribution in [2.45, 2.75) is 26.6 Å². The van der Waals surface area contributed by atoms with Crippen LogP contribution in [0.4, 0.5) is 13.2 Å². The molecule has 6 heteroatoms. The number of aryl methyl sites for hydroxylation is 2. The van der Waals surface area contributed by atoms with Gasteiger partial charge < -0.3 is 4.57 Å². The predicted molar refractivity (Wildman–Crippen MR) is 126 cm³/mol. The van der Waals surface area contributed by atoms with Gasteiger partial charge in [0.05, 0.1) is 17.8 Å². The van der Waals surface area contributed by atoms with Crippen molar-refractivity contribution >= 4 is 0 Å². The van der Waals surface area contributed by atoms with E-state index in [1.165, 1.54) is 10.6 Å². The van der Waals surface area contributed by atoms with E-state index in [0.29, 0.717) is 5.56 Å². The average molecular weight is 458 g/mol. The van der Waals surface area contributed by atoms with Crippen LogP contribution in [0.3, 0.4) is 0 Å². The lowest BCUT2D eigenvalue weighted by Crippen LogP contribution is -2.29. The minimum Gasteiger partial charge on any atom is -0.303 e. The summed E-state index contributed by atoms with van der Waals surface area (Å²) in [7, 11) is 0. The van der Waals surface area contributed by atoms with Crippen LogP contribution in [0.2, 0.25) is 0 Å². The quantitative estimate of drug-likeness (QED) is 0.340. The average Bonchev–Trinajstić information content (AvgIpc) is 2.81. The molecule has 3 aromatic carbocycles. The third kappa shape index (κ3) is 4.51. The lowest BCUT2D eigenvalue weighted by Gasteiger charge is -2.19. The van der Waals surface area contributed by atoms with Gasteiger partial charge in [0, 0.05) is 0 Å². The lowest BCUT2D eigenvalue weighted by molar-refractivity contribution is -0.137. The van der Waals surface area contributed by atoms with Crippen LogP contribution >= 0.6 is 0 Å². The van der Waals surface area contributed by atoms with Gasteiger partial charge in [0.2, 0.25) is 0 Å². The first-order chi connectivity index (χ1) is 16.2. The molecular weight excluding hydrogens is 437 g/mol. The highest BCUT2D eigenvalue weighted by molar-refractivity contribution is 5.70. The van der Waals surface area contributed by atoms with E-state index in [9.17, 15) is 23.2 Å². The van der Waals surface area contributed by atoms with Gasteiger partial charge in [0.1, 0.15) is 11.6 Å². The summed E-state index contributed by atoms with van der Waals surface area (Å²) in [5, 5.41) is 9.40. The van der Waals surface area contributed by atoms with Crippen LogP contribution in [-0.2, 0) is 12.7 Å². The Balaban J connectivity index is 1.91. The van der Waals surface area contributed by atoms with Crippen LogP contribution < -0.4 is 5.56 Å². The van der Waals surface area contributed by atoms with E-state index < -0.39 is 22.9 Å². The minimum atomic E-state index is -4.83. The smallest absolute Gasteiger partial charge is 0.303 e. The number of alkyl halides is 3. The van der Waals surface area contributed by atoms with Crippen LogP contribution in [0.25, 0.3) is 22.4 Å². The second kappa shape index (κ2) is 9.03. The third-order valence-electron chi connectivity index (χ3n) is 5.83. The van der Waals surface area contributed by atoms with Crippen LogP contribution in [0.5, 0.6) is 0 Å². The topological polar surface area (TPSA) is 45.8 Å². The second-order valence-electron chi connectivity index (χ2n) is 8.19. The first kappa shape index (κ1) is 23.1. The maximum absolute atomic E-state index is 13.8. The van der Waals surface area contributed by atoms with E-state index in [0.717, 1.165) is 33.9 Å². The molecule has 0 aliphatic rings. The van der Waals surface area contributed by atoms with Gasteiger partial charge >= 0.3 is 6.18 Å². The number of nitriles is 1. The molecular formula is C28H21F3N2O. The Morgan fingerprint density at radius 1 is 0.853 bits per heavy atom. The number of hydrogen-bond acceptors (Lipinski definition) is 2. The van der Waals surface area contributed by atoms with E-state index in [1.54, 1.807) is 12.1 Å². The maximum atomic E-state index is 13.8. The molecule has 1 aromatic heterocycles. The van der Waals surface area contributed by atoms with E-state index in [1.807, 2.05) is 74.5 Å². The van der Waals surface area contributed by atoms with E-state index in [4.69, 9.17) is 0 Å². The van der Waals surface area contributed by atoms with Gasteiger partial charge in [-0.05, 0) is 47.7 Å². The Labute approximate surface area is 195 Å². The van der Waals surface area contributed by atoms with E-state index in [-0.39, 0.29) is 12.2 Å². The molecule has 0 aliphatic carbocycles. The Bertz CT molecular complexity index is 1440. The van der Waals surface area contributed by atoms with Crippen LogP contribution in [-0.4, -0.2) is 4.57 Å². The van der Waals surface area contributed by atoms with Gasteiger partial charge in [-0.2, -0.15) is 18.4 Å². The van der Waals surface area contributed by atoms with Gasteiger partial charge in [-0.25, -0.2) is 0 Å². The SMILES string of the molecule is Cc1ccc(Cn2c(-c3ccc(-c4ccccc4)cc3)cc(C(F)(F)F)c(C#N)c2=O)c(C)c1. The molecule has 170 valence electrons. The molecule has 0 radical (unpaired) electrons. The molecule has 4 rings (SSSR count). The fraction of sp³-hybridized carbons (Fsp3) is 0.143. The van der Waals surface area contributed by atoms with Crippen molar-refractivity contribution in [2.75, 3.05) is 0 Å². The second-order valence-corrected chi connectivity index (χ2v) is 8.19. The van der Waals surface area contributed by atoms with Crippen molar-refractivity contribution in [3.63, 3.8) is 0 Å². The standard InChI is InChI=1S/C28H21F3N2O/c1-18-8-9-23(19(2)14-18)17-33-26(15-25(28(29,30)31)24(16-32)27(33)34)22-12-10-21(11-13-22)20-6-4-3-5-7-20/h3-15H,17H2,1-2H3. The molecule has 0 amide bonds. The Kier molecular flexibility index (Phi) is 6.12. The van der Waals surface area contributed by atoms with Crippen LogP contribution in [0.1, 0.15) is 27.8 Å². The summed E-state index contributed by atoms with van der Waals surface area (Å²) in [6.45, 7) is 3.87. The molecule has 1 heterocycles. The summed E-state index contributed by atoms with van der Waals surface area (Å²) in [6, 6.07) is 24.7. The maximum Gasteiger partial charge on any atom is 0.417 e. The fourth-order valence-electron chi connectivity index (χ4n) is 4.03. The zero-order valence-electron chi connectivity index (χ0n) is 18.6. The number of halogens is 3. The predicted octanol–water partition coefficient (Wildman–Crippen LogP) is 6.74.